The molecule has 2 aliphatic rings. The van der Waals surface area contributed by atoms with Gasteiger partial charge in [0.2, 0.25) is 0 Å². The third kappa shape index (κ3) is 2.37. The van der Waals surface area contributed by atoms with Gasteiger partial charge in [0.05, 0.1) is 5.56 Å². The average Bonchev–Trinajstić information content (AvgIpc) is 3.12. The van der Waals surface area contributed by atoms with Crippen LogP contribution in [0.3, 0.4) is 0 Å². The van der Waals surface area contributed by atoms with Gasteiger partial charge in [-0.3, -0.25) is 4.79 Å². The van der Waals surface area contributed by atoms with Crippen LogP contribution in [0.25, 0.3) is 0 Å². The van der Waals surface area contributed by atoms with Gasteiger partial charge in [0.1, 0.15) is 7.14 Å². The van der Waals surface area contributed by atoms with Gasteiger partial charge in [0.15, 0.2) is 0 Å². The highest BCUT2D eigenvalue weighted by molar-refractivity contribution is 9.10. The maximum absolute atomic E-state index is 12.7. The molecule has 1 atom stereocenters. The number of nitrogens with zero attached hydrogens (tertiary/aromatic N) is 1. The Hall–Kier alpha value is -0.600. The quantitative estimate of drug-likeness (QED) is 0.778. The fourth-order valence-corrected chi connectivity index (χ4v) is 4.91. The first-order valence-corrected chi connectivity index (χ1v) is 10.4. The van der Waals surface area contributed by atoms with Crippen molar-refractivity contribution in [2.75, 3.05) is 13.3 Å². The van der Waals surface area contributed by atoms with Crippen molar-refractivity contribution in [1.29, 1.82) is 0 Å². The number of halogens is 1. The summed E-state index contributed by atoms with van der Waals surface area (Å²) in [6, 6.07) is 4.13. The molecule has 1 aromatic rings. The number of hydrogen-bond donors (Lipinski definition) is 0. The van der Waals surface area contributed by atoms with Crippen LogP contribution in [0.15, 0.2) is 16.6 Å². The van der Waals surface area contributed by atoms with Gasteiger partial charge in [-0.15, -0.1) is 0 Å². The SMILES string of the molecule is CC(C1CC1)N1Cc2cc(Br)cc(P(C)(C)=O)c2C1=O. The summed E-state index contributed by atoms with van der Waals surface area (Å²) in [5, 5.41) is 0.720. The molecule has 1 saturated carbocycles. The van der Waals surface area contributed by atoms with Gasteiger partial charge in [-0.1, -0.05) is 15.9 Å². The molecule has 1 aliphatic heterocycles. The van der Waals surface area contributed by atoms with Crippen molar-refractivity contribution in [3.05, 3.63) is 27.7 Å². The van der Waals surface area contributed by atoms with E-state index in [1.165, 1.54) is 12.8 Å². The maximum Gasteiger partial charge on any atom is 0.255 e. The van der Waals surface area contributed by atoms with Crippen LogP contribution in [-0.4, -0.2) is 30.2 Å². The Labute approximate surface area is 128 Å². The molecule has 0 saturated heterocycles. The van der Waals surface area contributed by atoms with Gasteiger partial charge in [-0.25, -0.2) is 0 Å². The minimum atomic E-state index is -2.47. The zero-order valence-electron chi connectivity index (χ0n) is 12.0. The molecule has 1 heterocycles. The van der Waals surface area contributed by atoms with Gasteiger partial charge in [-0.05, 0) is 56.7 Å². The first kappa shape index (κ1) is 14.3. The van der Waals surface area contributed by atoms with Crippen molar-refractivity contribution >= 4 is 34.3 Å². The van der Waals surface area contributed by atoms with E-state index < -0.39 is 7.14 Å². The summed E-state index contributed by atoms with van der Waals surface area (Å²) < 4.78 is 13.4. The second kappa shape index (κ2) is 4.71. The summed E-state index contributed by atoms with van der Waals surface area (Å²) in [5.74, 6) is 0.709. The molecule has 5 heteroatoms. The lowest BCUT2D eigenvalue weighted by molar-refractivity contribution is 0.0698. The number of amides is 1. The number of fused-ring (bicyclic) bond motifs is 1. The molecule has 1 aliphatic carbocycles. The molecule has 0 radical (unpaired) electrons. The number of benzene rings is 1. The lowest BCUT2D eigenvalue weighted by Crippen LogP contribution is -2.35. The van der Waals surface area contributed by atoms with Crippen molar-refractivity contribution in [1.82, 2.24) is 4.90 Å². The molecule has 0 aromatic heterocycles. The molecule has 0 spiro atoms. The van der Waals surface area contributed by atoms with E-state index in [4.69, 9.17) is 0 Å². The van der Waals surface area contributed by atoms with E-state index in [0.717, 1.165) is 15.3 Å². The zero-order valence-corrected chi connectivity index (χ0v) is 14.5. The summed E-state index contributed by atoms with van der Waals surface area (Å²) in [6.07, 6.45) is 2.44. The van der Waals surface area contributed by atoms with Crippen molar-refractivity contribution in [2.45, 2.75) is 32.4 Å². The Kier molecular flexibility index (Phi) is 3.38. The highest BCUT2D eigenvalue weighted by Crippen LogP contribution is 2.42. The van der Waals surface area contributed by atoms with E-state index in [1.54, 1.807) is 13.3 Å². The molecule has 1 aromatic carbocycles. The molecule has 20 heavy (non-hydrogen) atoms. The second-order valence-corrected chi connectivity index (χ2v) is 10.4. The van der Waals surface area contributed by atoms with E-state index >= 15 is 0 Å². The molecule has 0 bridgehead atoms. The van der Waals surface area contributed by atoms with Crippen LogP contribution < -0.4 is 5.30 Å². The van der Waals surface area contributed by atoms with E-state index in [1.807, 2.05) is 17.0 Å². The standard InChI is InChI=1S/C15H19BrNO2P/c1-9(10-4-5-10)17-8-11-6-12(16)7-13(20(2,3)19)14(11)15(17)18/h6-7,9-10H,4-5,8H2,1-3H3. The van der Waals surface area contributed by atoms with Crippen LogP contribution in [0.1, 0.15) is 35.7 Å². The number of carbonyl (C=O) groups excluding carboxylic acids is 1. The molecular formula is C15H19BrNO2P. The number of carbonyl (C=O) groups is 1. The molecule has 1 amide bonds. The van der Waals surface area contributed by atoms with Gasteiger partial charge in [0, 0.05) is 22.4 Å². The van der Waals surface area contributed by atoms with Crippen molar-refractivity contribution < 1.29 is 9.36 Å². The molecule has 1 unspecified atom stereocenters. The number of hydrogen-bond acceptors (Lipinski definition) is 2. The van der Waals surface area contributed by atoms with Gasteiger partial charge in [-0.2, -0.15) is 0 Å². The minimum Gasteiger partial charge on any atom is -0.331 e. The van der Waals surface area contributed by atoms with E-state index in [2.05, 4.69) is 22.9 Å². The first-order valence-electron chi connectivity index (χ1n) is 6.98. The van der Waals surface area contributed by atoms with Crippen LogP contribution in [0.2, 0.25) is 0 Å². The summed E-state index contributed by atoms with van der Waals surface area (Å²) in [5.41, 5.74) is 1.70. The molecule has 108 valence electrons. The lowest BCUT2D eigenvalue weighted by atomic mass is 10.1. The molecule has 3 rings (SSSR count). The fraction of sp³-hybridized carbons (Fsp3) is 0.533. The highest BCUT2D eigenvalue weighted by atomic mass is 79.9. The summed E-state index contributed by atoms with van der Waals surface area (Å²) in [4.78, 5) is 14.7. The summed E-state index contributed by atoms with van der Waals surface area (Å²) >= 11 is 3.48. The predicted molar refractivity (Wildman–Crippen MR) is 85.3 cm³/mol. The monoisotopic (exact) mass is 355 g/mol. The second-order valence-electron chi connectivity index (χ2n) is 6.32. The first-order chi connectivity index (χ1) is 9.29. The van der Waals surface area contributed by atoms with Crippen LogP contribution in [0.5, 0.6) is 0 Å². The molecule has 1 fully saturated rings. The van der Waals surface area contributed by atoms with E-state index in [-0.39, 0.29) is 11.9 Å². The van der Waals surface area contributed by atoms with Crippen LogP contribution >= 0.6 is 23.1 Å². The Morgan fingerprint density at radius 1 is 1.35 bits per heavy atom. The Balaban J connectivity index is 2.06. The zero-order chi connectivity index (χ0) is 14.7. The van der Waals surface area contributed by atoms with Gasteiger partial charge in [0.25, 0.3) is 5.91 Å². The average molecular weight is 356 g/mol. The predicted octanol–water partition coefficient (Wildman–Crippen LogP) is 3.45. The molecule has 0 N–H and O–H groups in total. The molecular weight excluding hydrogens is 337 g/mol. The Morgan fingerprint density at radius 3 is 2.55 bits per heavy atom. The third-order valence-electron chi connectivity index (χ3n) is 4.36. The van der Waals surface area contributed by atoms with E-state index in [9.17, 15) is 9.36 Å². The molecule has 3 nitrogen and oxygen atoms in total. The third-order valence-corrected chi connectivity index (χ3v) is 6.33. The maximum atomic E-state index is 12.7. The minimum absolute atomic E-state index is 0.0609. The summed E-state index contributed by atoms with van der Waals surface area (Å²) in [7, 11) is -2.47. The summed E-state index contributed by atoms with van der Waals surface area (Å²) in [6.45, 7) is 6.25. The van der Waals surface area contributed by atoms with Crippen LogP contribution in [0, 0.1) is 5.92 Å². The van der Waals surface area contributed by atoms with E-state index in [0.29, 0.717) is 18.0 Å². The van der Waals surface area contributed by atoms with Crippen LogP contribution in [-0.2, 0) is 11.1 Å². The normalized spacial score (nSPS) is 20.2. The van der Waals surface area contributed by atoms with Crippen LogP contribution in [0.4, 0.5) is 0 Å². The Bertz CT molecular complexity index is 633. The van der Waals surface area contributed by atoms with Crippen molar-refractivity contribution in [3.63, 3.8) is 0 Å². The van der Waals surface area contributed by atoms with Gasteiger partial charge >= 0.3 is 0 Å². The smallest absolute Gasteiger partial charge is 0.255 e. The lowest BCUT2D eigenvalue weighted by Gasteiger charge is -2.24. The Morgan fingerprint density at radius 2 is 2.00 bits per heavy atom. The number of rotatable bonds is 3. The topological polar surface area (TPSA) is 37.4 Å². The largest absolute Gasteiger partial charge is 0.331 e. The van der Waals surface area contributed by atoms with Crippen molar-refractivity contribution in [2.24, 2.45) is 5.92 Å². The van der Waals surface area contributed by atoms with Crippen molar-refractivity contribution in [3.8, 4) is 0 Å². The highest BCUT2D eigenvalue weighted by Gasteiger charge is 2.40. The van der Waals surface area contributed by atoms with Gasteiger partial charge < -0.3 is 9.46 Å². The fourth-order valence-electron chi connectivity index (χ4n) is 3.00.